The molecule has 1 unspecified atom stereocenters. The first-order chi connectivity index (χ1) is 9.74. The molecule has 1 aromatic heterocycles. The lowest BCUT2D eigenvalue weighted by molar-refractivity contribution is -0.132. The summed E-state index contributed by atoms with van der Waals surface area (Å²) in [5.41, 5.74) is 1.37. The Morgan fingerprint density at radius 2 is 2.55 bits per heavy atom. The molecule has 6 nitrogen and oxygen atoms in total. The van der Waals surface area contributed by atoms with Gasteiger partial charge in [-0.15, -0.1) is 0 Å². The molecule has 6 heteroatoms. The Morgan fingerprint density at radius 1 is 1.70 bits per heavy atom. The highest BCUT2D eigenvalue weighted by molar-refractivity contribution is 5.81. The molecule has 1 aliphatic rings. The van der Waals surface area contributed by atoms with Crippen LogP contribution in [0.15, 0.2) is 18.3 Å². The van der Waals surface area contributed by atoms with Gasteiger partial charge >= 0.3 is 0 Å². The highest BCUT2D eigenvalue weighted by Gasteiger charge is 2.28. The number of ether oxygens (including phenoxy) is 1. The van der Waals surface area contributed by atoms with Crippen molar-refractivity contribution in [1.29, 1.82) is 5.26 Å². The minimum atomic E-state index is -0.276. The van der Waals surface area contributed by atoms with E-state index >= 15 is 0 Å². The van der Waals surface area contributed by atoms with E-state index in [0.29, 0.717) is 38.5 Å². The van der Waals surface area contributed by atoms with E-state index in [2.05, 4.69) is 15.2 Å². The fraction of sp³-hybridized carbons (Fsp3) is 0.500. The van der Waals surface area contributed by atoms with Crippen LogP contribution < -0.4 is 5.32 Å². The average molecular weight is 274 g/mol. The summed E-state index contributed by atoms with van der Waals surface area (Å²) in [6, 6.07) is 5.37. The van der Waals surface area contributed by atoms with Crippen LogP contribution in [0.25, 0.3) is 0 Å². The molecule has 1 amide bonds. The third-order valence-electron chi connectivity index (χ3n) is 3.22. The standard InChI is InChI=1S/C14H18N4O2/c1-2-16-14(19)13-10-20-6-5-18(13)9-11-3-4-17-12(7-11)8-15/h3-4,7,13H,2,5-6,9-10H2,1H3,(H,16,19). The van der Waals surface area contributed by atoms with Gasteiger partial charge in [0.1, 0.15) is 17.8 Å². The molecule has 0 saturated carbocycles. The number of likely N-dealkylation sites (N-methyl/N-ethyl adjacent to an activating group) is 1. The molecule has 1 saturated heterocycles. The summed E-state index contributed by atoms with van der Waals surface area (Å²) in [7, 11) is 0. The zero-order valence-electron chi connectivity index (χ0n) is 11.5. The largest absolute Gasteiger partial charge is 0.378 e. The van der Waals surface area contributed by atoms with Crippen LogP contribution in [-0.4, -0.2) is 48.1 Å². The summed E-state index contributed by atoms with van der Waals surface area (Å²) < 4.78 is 5.40. The molecule has 106 valence electrons. The van der Waals surface area contributed by atoms with Crippen LogP contribution in [0.2, 0.25) is 0 Å². The van der Waals surface area contributed by atoms with Crippen molar-refractivity contribution in [1.82, 2.24) is 15.2 Å². The van der Waals surface area contributed by atoms with Crippen LogP contribution in [0, 0.1) is 11.3 Å². The van der Waals surface area contributed by atoms with Crippen LogP contribution >= 0.6 is 0 Å². The molecule has 0 radical (unpaired) electrons. The van der Waals surface area contributed by atoms with Crippen molar-refractivity contribution in [2.75, 3.05) is 26.3 Å². The van der Waals surface area contributed by atoms with E-state index in [1.165, 1.54) is 0 Å². The van der Waals surface area contributed by atoms with E-state index in [0.717, 1.165) is 5.56 Å². The van der Waals surface area contributed by atoms with Gasteiger partial charge in [-0.25, -0.2) is 4.98 Å². The molecule has 1 aromatic rings. The average Bonchev–Trinajstić information content (AvgIpc) is 2.48. The number of nitrogens with one attached hydrogen (secondary N) is 1. The van der Waals surface area contributed by atoms with Crippen molar-refractivity contribution in [3.05, 3.63) is 29.6 Å². The lowest BCUT2D eigenvalue weighted by Crippen LogP contribution is -2.53. The molecule has 0 aliphatic carbocycles. The van der Waals surface area contributed by atoms with Crippen LogP contribution in [0.5, 0.6) is 0 Å². The summed E-state index contributed by atoms with van der Waals surface area (Å²) in [5.74, 6) is -0.0123. The molecule has 2 heterocycles. The maximum atomic E-state index is 12.0. The van der Waals surface area contributed by atoms with Crippen molar-refractivity contribution < 1.29 is 9.53 Å². The number of amides is 1. The van der Waals surface area contributed by atoms with Crippen LogP contribution in [0.4, 0.5) is 0 Å². The predicted molar refractivity (Wildman–Crippen MR) is 72.7 cm³/mol. The molecule has 0 spiro atoms. The number of hydrogen-bond acceptors (Lipinski definition) is 5. The molecule has 0 aromatic carbocycles. The van der Waals surface area contributed by atoms with Crippen LogP contribution in [0.3, 0.4) is 0 Å². The van der Waals surface area contributed by atoms with Crippen molar-refractivity contribution in [3.8, 4) is 6.07 Å². The number of aromatic nitrogens is 1. The van der Waals surface area contributed by atoms with Gasteiger partial charge in [-0.3, -0.25) is 9.69 Å². The van der Waals surface area contributed by atoms with Crippen LogP contribution in [0.1, 0.15) is 18.2 Å². The maximum absolute atomic E-state index is 12.0. The highest BCUT2D eigenvalue weighted by Crippen LogP contribution is 2.13. The van der Waals surface area contributed by atoms with Gasteiger partial charge in [0, 0.05) is 25.8 Å². The molecular formula is C14H18N4O2. The van der Waals surface area contributed by atoms with Gasteiger partial charge in [-0.1, -0.05) is 0 Å². The molecule has 1 atom stereocenters. The Labute approximate surface area is 118 Å². The van der Waals surface area contributed by atoms with E-state index in [9.17, 15) is 4.79 Å². The normalized spacial score (nSPS) is 19.3. The number of carbonyl (C=O) groups excluding carboxylic acids is 1. The summed E-state index contributed by atoms with van der Waals surface area (Å²) in [6.07, 6.45) is 1.62. The molecule has 1 N–H and O–H groups in total. The Hall–Kier alpha value is -1.97. The third kappa shape index (κ3) is 3.53. The minimum Gasteiger partial charge on any atom is -0.378 e. The Morgan fingerprint density at radius 3 is 3.30 bits per heavy atom. The Bertz CT molecular complexity index is 512. The first-order valence-electron chi connectivity index (χ1n) is 6.69. The number of rotatable bonds is 4. The van der Waals surface area contributed by atoms with Gasteiger partial charge in [-0.05, 0) is 24.6 Å². The van der Waals surface area contributed by atoms with Crippen molar-refractivity contribution in [2.24, 2.45) is 0 Å². The first kappa shape index (κ1) is 14.4. The topological polar surface area (TPSA) is 78.2 Å². The van der Waals surface area contributed by atoms with Gasteiger partial charge in [0.2, 0.25) is 5.91 Å². The maximum Gasteiger partial charge on any atom is 0.239 e. The van der Waals surface area contributed by atoms with Gasteiger partial charge in [0.25, 0.3) is 0 Å². The van der Waals surface area contributed by atoms with Gasteiger partial charge in [0.05, 0.1) is 13.2 Å². The van der Waals surface area contributed by atoms with Crippen molar-refractivity contribution in [2.45, 2.75) is 19.5 Å². The molecular weight excluding hydrogens is 256 g/mol. The smallest absolute Gasteiger partial charge is 0.239 e. The number of carbonyl (C=O) groups is 1. The summed E-state index contributed by atoms with van der Waals surface area (Å²) in [6.45, 7) is 4.84. The van der Waals surface area contributed by atoms with E-state index in [-0.39, 0.29) is 11.9 Å². The van der Waals surface area contributed by atoms with Crippen molar-refractivity contribution >= 4 is 5.91 Å². The lowest BCUT2D eigenvalue weighted by Gasteiger charge is -2.34. The number of hydrogen-bond donors (Lipinski definition) is 1. The van der Waals surface area contributed by atoms with Gasteiger partial charge in [0.15, 0.2) is 0 Å². The summed E-state index contributed by atoms with van der Waals surface area (Å²) in [4.78, 5) is 18.0. The fourth-order valence-corrected chi connectivity index (χ4v) is 2.23. The first-order valence-corrected chi connectivity index (χ1v) is 6.69. The summed E-state index contributed by atoms with van der Waals surface area (Å²) in [5, 5.41) is 11.7. The minimum absolute atomic E-state index is 0.0123. The molecule has 1 aliphatic heterocycles. The Kier molecular flexibility index (Phi) is 5.04. The van der Waals surface area contributed by atoms with Crippen LogP contribution in [-0.2, 0) is 16.1 Å². The third-order valence-corrected chi connectivity index (χ3v) is 3.22. The fourth-order valence-electron chi connectivity index (χ4n) is 2.23. The number of nitrogens with zero attached hydrogens (tertiary/aromatic N) is 3. The second kappa shape index (κ2) is 6.98. The van der Waals surface area contributed by atoms with Gasteiger partial charge in [-0.2, -0.15) is 5.26 Å². The van der Waals surface area contributed by atoms with E-state index in [1.54, 1.807) is 12.3 Å². The highest BCUT2D eigenvalue weighted by atomic mass is 16.5. The molecule has 0 bridgehead atoms. The SMILES string of the molecule is CCNC(=O)C1COCCN1Cc1ccnc(C#N)c1. The van der Waals surface area contributed by atoms with E-state index in [1.807, 2.05) is 19.1 Å². The summed E-state index contributed by atoms with van der Waals surface area (Å²) >= 11 is 0. The zero-order valence-corrected chi connectivity index (χ0v) is 11.5. The van der Waals surface area contributed by atoms with E-state index in [4.69, 9.17) is 10.00 Å². The number of nitriles is 1. The van der Waals surface area contributed by atoms with Gasteiger partial charge < -0.3 is 10.1 Å². The quantitative estimate of drug-likeness (QED) is 0.854. The number of pyridine rings is 1. The molecule has 20 heavy (non-hydrogen) atoms. The second-order valence-electron chi connectivity index (χ2n) is 4.62. The predicted octanol–water partition coefficient (Wildman–Crippen LogP) is 0.290. The Balaban J connectivity index is 2.08. The van der Waals surface area contributed by atoms with Crippen molar-refractivity contribution in [3.63, 3.8) is 0 Å². The number of morpholine rings is 1. The lowest BCUT2D eigenvalue weighted by atomic mass is 10.1. The zero-order chi connectivity index (χ0) is 14.4. The van der Waals surface area contributed by atoms with E-state index < -0.39 is 0 Å². The monoisotopic (exact) mass is 274 g/mol. The molecule has 1 fully saturated rings. The second-order valence-corrected chi connectivity index (χ2v) is 4.62. The molecule has 2 rings (SSSR count).